The van der Waals surface area contributed by atoms with Gasteiger partial charge in [0.2, 0.25) is 5.95 Å². The summed E-state index contributed by atoms with van der Waals surface area (Å²) < 4.78 is 5.51. The van der Waals surface area contributed by atoms with Gasteiger partial charge in [-0.3, -0.25) is 4.90 Å². The van der Waals surface area contributed by atoms with Crippen LogP contribution in [0, 0.1) is 0 Å². The molecule has 0 aliphatic carbocycles. The van der Waals surface area contributed by atoms with Crippen molar-refractivity contribution in [3.63, 3.8) is 0 Å². The molecule has 98 valence electrons. The standard InChI is InChI=1S/C13H20N4O/c1-16-7-8-17(12-14-5-2-6-15-12)11-13(16)3-9-18-10-4-13/h2,5-6H,3-4,7-11H2,1H3. The van der Waals surface area contributed by atoms with E-state index in [0.29, 0.717) is 0 Å². The number of piperazine rings is 1. The molecule has 3 rings (SSSR count). The Morgan fingerprint density at radius 3 is 2.61 bits per heavy atom. The fourth-order valence-corrected chi connectivity index (χ4v) is 2.98. The number of ether oxygens (including phenoxy) is 1. The molecule has 2 fully saturated rings. The van der Waals surface area contributed by atoms with E-state index in [1.165, 1.54) is 0 Å². The van der Waals surface area contributed by atoms with Crippen LogP contribution in [0.2, 0.25) is 0 Å². The summed E-state index contributed by atoms with van der Waals surface area (Å²) in [6.45, 7) is 4.82. The second-order valence-corrected chi connectivity index (χ2v) is 5.23. The lowest BCUT2D eigenvalue weighted by Crippen LogP contribution is -2.63. The molecule has 0 saturated carbocycles. The van der Waals surface area contributed by atoms with Crippen LogP contribution >= 0.6 is 0 Å². The Morgan fingerprint density at radius 1 is 1.17 bits per heavy atom. The second-order valence-electron chi connectivity index (χ2n) is 5.23. The minimum atomic E-state index is 0.246. The van der Waals surface area contributed by atoms with Gasteiger partial charge in [-0.15, -0.1) is 0 Å². The predicted octanol–water partition coefficient (Wildman–Crippen LogP) is 0.778. The summed E-state index contributed by atoms with van der Waals surface area (Å²) in [6.07, 6.45) is 5.84. The van der Waals surface area contributed by atoms with E-state index in [4.69, 9.17) is 4.74 Å². The molecule has 0 unspecified atom stereocenters. The number of anilines is 1. The van der Waals surface area contributed by atoms with Crippen molar-refractivity contribution in [2.24, 2.45) is 0 Å². The quantitative estimate of drug-likeness (QED) is 0.734. The maximum atomic E-state index is 5.51. The molecular formula is C13H20N4O. The minimum absolute atomic E-state index is 0.246. The number of hydrogen-bond acceptors (Lipinski definition) is 5. The number of nitrogens with zero attached hydrogens (tertiary/aromatic N) is 4. The molecule has 1 aromatic rings. The third kappa shape index (κ3) is 2.08. The lowest BCUT2D eigenvalue weighted by molar-refractivity contribution is -0.0223. The van der Waals surface area contributed by atoms with Crippen molar-refractivity contribution >= 4 is 5.95 Å². The van der Waals surface area contributed by atoms with Crippen LogP contribution in [-0.4, -0.2) is 60.3 Å². The first kappa shape index (κ1) is 11.9. The zero-order valence-electron chi connectivity index (χ0n) is 10.9. The van der Waals surface area contributed by atoms with Gasteiger partial charge in [0.05, 0.1) is 0 Å². The second kappa shape index (κ2) is 4.82. The van der Waals surface area contributed by atoms with Crippen LogP contribution in [0.3, 0.4) is 0 Å². The van der Waals surface area contributed by atoms with Crippen LogP contribution in [0.1, 0.15) is 12.8 Å². The number of hydrogen-bond donors (Lipinski definition) is 0. The largest absolute Gasteiger partial charge is 0.381 e. The predicted molar refractivity (Wildman–Crippen MR) is 69.7 cm³/mol. The molecule has 1 spiro atoms. The SMILES string of the molecule is CN1CCN(c2ncccn2)CC12CCOCC2. The van der Waals surface area contributed by atoms with Crippen molar-refractivity contribution in [1.29, 1.82) is 0 Å². The lowest BCUT2D eigenvalue weighted by Gasteiger charge is -2.51. The molecule has 2 aliphatic heterocycles. The van der Waals surface area contributed by atoms with Crippen molar-refractivity contribution in [3.8, 4) is 0 Å². The Kier molecular flexibility index (Phi) is 3.18. The average molecular weight is 248 g/mol. The topological polar surface area (TPSA) is 41.5 Å². The molecule has 5 nitrogen and oxygen atoms in total. The van der Waals surface area contributed by atoms with Crippen LogP contribution in [0.15, 0.2) is 18.5 Å². The summed E-state index contributed by atoms with van der Waals surface area (Å²) >= 11 is 0. The van der Waals surface area contributed by atoms with E-state index >= 15 is 0 Å². The zero-order valence-corrected chi connectivity index (χ0v) is 10.9. The molecule has 1 aromatic heterocycles. The molecule has 0 bridgehead atoms. The van der Waals surface area contributed by atoms with Gasteiger partial charge in [0.25, 0.3) is 0 Å². The summed E-state index contributed by atoms with van der Waals surface area (Å²) in [7, 11) is 2.23. The van der Waals surface area contributed by atoms with Gasteiger partial charge in [0.15, 0.2) is 0 Å². The molecule has 0 aromatic carbocycles. The number of likely N-dealkylation sites (N-methyl/N-ethyl adjacent to an activating group) is 1. The van der Waals surface area contributed by atoms with Gasteiger partial charge in [0, 0.05) is 50.8 Å². The first-order valence-electron chi connectivity index (χ1n) is 6.61. The van der Waals surface area contributed by atoms with Gasteiger partial charge >= 0.3 is 0 Å². The fraction of sp³-hybridized carbons (Fsp3) is 0.692. The number of aromatic nitrogens is 2. The van der Waals surface area contributed by atoms with Gasteiger partial charge in [-0.1, -0.05) is 0 Å². The molecule has 3 heterocycles. The first-order valence-corrected chi connectivity index (χ1v) is 6.61. The molecular weight excluding hydrogens is 228 g/mol. The van der Waals surface area contributed by atoms with Gasteiger partial charge < -0.3 is 9.64 Å². The lowest BCUT2D eigenvalue weighted by atomic mass is 9.86. The smallest absolute Gasteiger partial charge is 0.225 e. The molecule has 0 amide bonds. The van der Waals surface area contributed by atoms with Crippen molar-refractivity contribution in [3.05, 3.63) is 18.5 Å². The van der Waals surface area contributed by atoms with E-state index in [-0.39, 0.29) is 5.54 Å². The Labute approximate surface area is 108 Å². The van der Waals surface area contributed by atoms with E-state index in [1.807, 2.05) is 18.5 Å². The maximum Gasteiger partial charge on any atom is 0.225 e. The molecule has 0 N–H and O–H groups in total. The Balaban J connectivity index is 1.80. The van der Waals surface area contributed by atoms with E-state index in [0.717, 1.165) is 51.6 Å². The van der Waals surface area contributed by atoms with E-state index < -0.39 is 0 Å². The molecule has 2 saturated heterocycles. The highest BCUT2D eigenvalue weighted by Gasteiger charge is 2.41. The zero-order chi connectivity index (χ0) is 12.4. The number of rotatable bonds is 1. The summed E-state index contributed by atoms with van der Waals surface area (Å²) in [4.78, 5) is 13.5. The van der Waals surface area contributed by atoms with Gasteiger partial charge in [-0.05, 0) is 26.0 Å². The third-order valence-corrected chi connectivity index (χ3v) is 4.26. The normalized spacial score (nSPS) is 24.4. The Morgan fingerprint density at radius 2 is 1.89 bits per heavy atom. The van der Waals surface area contributed by atoms with Crippen LogP contribution in [0.25, 0.3) is 0 Å². The molecule has 5 heteroatoms. The van der Waals surface area contributed by atoms with Crippen LogP contribution < -0.4 is 4.90 Å². The van der Waals surface area contributed by atoms with E-state index in [9.17, 15) is 0 Å². The van der Waals surface area contributed by atoms with Gasteiger partial charge in [0.1, 0.15) is 0 Å². The first-order chi connectivity index (χ1) is 8.80. The van der Waals surface area contributed by atoms with Crippen molar-refractivity contribution in [2.45, 2.75) is 18.4 Å². The molecule has 0 radical (unpaired) electrons. The van der Waals surface area contributed by atoms with Crippen LogP contribution in [0.5, 0.6) is 0 Å². The Bertz CT molecular complexity index is 391. The third-order valence-electron chi connectivity index (χ3n) is 4.26. The Hall–Kier alpha value is -1.20. The monoisotopic (exact) mass is 248 g/mol. The van der Waals surface area contributed by atoms with E-state index in [2.05, 4.69) is 26.8 Å². The highest BCUT2D eigenvalue weighted by Crippen LogP contribution is 2.31. The molecule has 2 aliphatic rings. The molecule has 18 heavy (non-hydrogen) atoms. The summed E-state index contributed by atoms with van der Waals surface area (Å²) in [6, 6.07) is 1.86. The van der Waals surface area contributed by atoms with Gasteiger partial charge in [-0.25, -0.2) is 9.97 Å². The minimum Gasteiger partial charge on any atom is -0.381 e. The summed E-state index contributed by atoms with van der Waals surface area (Å²) in [5.41, 5.74) is 0.246. The van der Waals surface area contributed by atoms with Crippen molar-refractivity contribution in [1.82, 2.24) is 14.9 Å². The molecule has 0 atom stereocenters. The van der Waals surface area contributed by atoms with E-state index in [1.54, 1.807) is 0 Å². The van der Waals surface area contributed by atoms with Crippen molar-refractivity contribution < 1.29 is 4.74 Å². The van der Waals surface area contributed by atoms with Crippen molar-refractivity contribution in [2.75, 3.05) is 44.8 Å². The van der Waals surface area contributed by atoms with Gasteiger partial charge in [-0.2, -0.15) is 0 Å². The average Bonchev–Trinajstić information content (AvgIpc) is 2.44. The highest BCUT2D eigenvalue weighted by molar-refractivity contribution is 5.31. The fourth-order valence-electron chi connectivity index (χ4n) is 2.98. The maximum absolute atomic E-state index is 5.51. The summed E-state index contributed by atoms with van der Waals surface area (Å²) in [5.74, 6) is 0.858. The van der Waals surface area contributed by atoms with Crippen LogP contribution in [-0.2, 0) is 4.74 Å². The van der Waals surface area contributed by atoms with Crippen LogP contribution in [0.4, 0.5) is 5.95 Å². The summed E-state index contributed by atoms with van der Waals surface area (Å²) in [5, 5.41) is 0. The highest BCUT2D eigenvalue weighted by atomic mass is 16.5.